The lowest BCUT2D eigenvalue weighted by atomic mass is 10.1. The van der Waals surface area contributed by atoms with Crippen LogP contribution in [0.15, 0.2) is 48.5 Å². The van der Waals surface area contributed by atoms with E-state index in [9.17, 15) is 9.90 Å². The second kappa shape index (κ2) is 7.29. The van der Waals surface area contributed by atoms with Gasteiger partial charge in [-0.3, -0.25) is 4.79 Å². The highest BCUT2D eigenvalue weighted by molar-refractivity contribution is 6.33. The standard InChI is InChI=1S/C17H19ClN2O2/c1-20(2)13-9-7-12(8-10-13)16(21)11-19-17(22)14-5-3-4-6-15(14)18/h3-10,16,21H,11H2,1-2H3,(H,19,22)/t16-/m0/s1. The summed E-state index contributed by atoms with van der Waals surface area (Å²) in [4.78, 5) is 14.0. The topological polar surface area (TPSA) is 52.6 Å². The molecule has 116 valence electrons. The van der Waals surface area contributed by atoms with Crippen molar-refractivity contribution in [1.82, 2.24) is 5.32 Å². The Morgan fingerprint density at radius 2 is 1.82 bits per heavy atom. The maximum atomic E-state index is 12.0. The third-order valence-corrected chi connectivity index (χ3v) is 3.70. The minimum atomic E-state index is -0.761. The summed E-state index contributed by atoms with van der Waals surface area (Å²) in [6.45, 7) is 0.130. The van der Waals surface area contributed by atoms with Crippen molar-refractivity contribution >= 4 is 23.2 Å². The SMILES string of the molecule is CN(C)c1ccc([C@@H](O)CNC(=O)c2ccccc2Cl)cc1. The molecule has 0 fully saturated rings. The van der Waals surface area contributed by atoms with Gasteiger partial charge >= 0.3 is 0 Å². The third kappa shape index (κ3) is 4.00. The number of halogens is 1. The van der Waals surface area contributed by atoms with E-state index >= 15 is 0 Å². The zero-order chi connectivity index (χ0) is 16.1. The third-order valence-electron chi connectivity index (χ3n) is 3.37. The molecule has 22 heavy (non-hydrogen) atoms. The van der Waals surface area contributed by atoms with Crippen LogP contribution in [0, 0.1) is 0 Å². The van der Waals surface area contributed by atoms with Crippen LogP contribution in [0.4, 0.5) is 5.69 Å². The summed E-state index contributed by atoms with van der Waals surface area (Å²) in [5, 5.41) is 13.2. The highest BCUT2D eigenvalue weighted by atomic mass is 35.5. The minimum absolute atomic E-state index is 0.130. The Morgan fingerprint density at radius 3 is 2.41 bits per heavy atom. The Bertz CT molecular complexity index is 641. The van der Waals surface area contributed by atoms with Crippen LogP contribution in [0.5, 0.6) is 0 Å². The van der Waals surface area contributed by atoms with Crippen molar-refractivity contribution in [2.75, 3.05) is 25.5 Å². The molecule has 0 saturated heterocycles. The van der Waals surface area contributed by atoms with Crippen molar-refractivity contribution in [3.63, 3.8) is 0 Å². The molecule has 2 N–H and O–H groups in total. The summed E-state index contributed by atoms with van der Waals surface area (Å²) in [5.41, 5.74) is 2.21. The van der Waals surface area contributed by atoms with Crippen molar-refractivity contribution < 1.29 is 9.90 Å². The molecular weight excluding hydrogens is 300 g/mol. The molecule has 5 heteroatoms. The first-order valence-corrected chi connectivity index (χ1v) is 7.35. The lowest BCUT2D eigenvalue weighted by Gasteiger charge is -2.16. The number of nitrogens with zero attached hydrogens (tertiary/aromatic N) is 1. The molecule has 0 aliphatic heterocycles. The molecule has 2 aromatic carbocycles. The van der Waals surface area contributed by atoms with Gasteiger partial charge in [0.1, 0.15) is 0 Å². The molecule has 0 aliphatic carbocycles. The fourth-order valence-electron chi connectivity index (χ4n) is 2.04. The van der Waals surface area contributed by atoms with Crippen LogP contribution >= 0.6 is 11.6 Å². The van der Waals surface area contributed by atoms with E-state index in [1.807, 2.05) is 43.3 Å². The van der Waals surface area contributed by atoms with Crippen molar-refractivity contribution in [3.8, 4) is 0 Å². The van der Waals surface area contributed by atoms with Gasteiger partial charge in [-0.15, -0.1) is 0 Å². The highest BCUT2D eigenvalue weighted by Gasteiger charge is 2.13. The normalized spacial score (nSPS) is 11.8. The number of rotatable bonds is 5. The predicted octanol–water partition coefficient (Wildman–Crippen LogP) is 2.87. The van der Waals surface area contributed by atoms with Crippen molar-refractivity contribution in [1.29, 1.82) is 0 Å². The number of anilines is 1. The van der Waals surface area contributed by atoms with Gasteiger partial charge < -0.3 is 15.3 Å². The Hall–Kier alpha value is -2.04. The van der Waals surface area contributed by atoms with E-state index in [4.69, 9.17) is 11.6 Å². The zero-order valence-corrected chi connectivity index (χ0v) is 13.3. The molecule has 0 aliphatic rings. The van der Waals surface area contributed by atoms with Crippen LogP contribution in [0.2, 0.25) is 5.02 Å². The number of nitrogens with one attached hydrogen (secondary N) is 1. The van der Waals surface area contributed by atoms with E-state index in [0.29, 0.717) is 10.6 Å². The summed E-state index contributed by atoms with van der Waals surface area (Å²) in [7, 11) is 3.91. The number of hydrogen-bond donors (Lipinski definition) is 2. The number of aliphatic hydroxyl groups is 1. The van der Waals surface area contributed by atoms with E-state index in [2.05, 4.69) is 5.32 Å². The summed E-state index contributed by atoms with van der Waals surface area (Å²) >= 11 is 5.97. The van der Waals surface area contributed by atoms with Crippen LogP contribution in [0.1, 0.15) is 22.0 Å². The second-order valence-electron chi connectivity index (χ2n) is 5.19. The maximum Gasteiger partial charge on any atom is 0.252 e. The Kier molecular flexibility index (Phi) is 5.41. The number of carbonyl (C=O) groups is 1. The zero-order valence-electron chi connectivity index (χ0n) is 12.6. The van der Waals surface area contributed by atoms with Crippen LogP contribution in [-0.4, -0.2) is 31.7 Å². The molecule has 2 rings (SSSR count). The molecule has 0 unspecified atom stereocenters. The summed E-state index contributed by atoms with van der Waals surface area (Å²) in [6, 6.07) is 14.4. The molecule has 0 saturated carbocycles. The fourth-order valence-corrected chi connectivity index (χ4v) is 2.26. The minimum Gasteiger partial charge on any atom is -0.387 e. The van der Waals surface area contributed by atoms with Gasteiger partial charge in [0.15, 0.2) is 0 Å². The molecule has 1 amide bonds. The Morgan fingerprint density at radius 1 is 1.18 bits per heavy atom. The molecule has 0 radical (unpaired) electrons. The number of carbonyl (C=O) groups excluding carboxylic acids is 1. The van der Waals surface area contributed by atoms with Gasteiger partial charge in [-0.1, -0.05) is 35.9 Å². The summed E-state index contributed by atoms with van der Waals surface area (Å²) in [5.74, 6) is -0.297. The van der Waals surface area contributed by atoms with Gasteiger partial charge in [-0.05, 0) is 29.8 Å². The Balaban J connectivity index is 1.96. The van der Waals surface area contributed by atoms with Gasteiger partial charge in [0, 0.05) is 26.3 Å². The molecule has 2 aromatic rings. The van der Waals surface area contributed by atoms with Crippen molar-refractivity contribution in [2.45, 2.75) is 6.10 Å². The molecule has 0 heterocycles. The van der Waals surface area contributed by atoms with Crippen molar-refractivity contribution in [3.05, 3.63) is 64.7 Å². The van der Waals surface area contributed by atoms with E-state index in [1.165, 1.54) is 0 Å². The first kappa shape index (κ1) is 16.3. The molecule has 0 aromatic heterocycles. The van der Waals surface area contributed by atoms with Gasteiger partial charge in [0.25, 0.3) is 5.91 Å². The molecule has 4 nitrogen and oxygen atoms in total. The fraction of sp³-hybridized carbons (Fsp3) is 0.235. The summed E-state index contributed by atoms with van der Waals surface area (Å²) in [6.07, 6.45) is -0.761. The number of aliphatic hydroxyl groups excluding tert-OH is 1. The largest absolute Gasteiger partial charge is 0.387 e. The lowest BCUT2D eigenvalue weighted by Crippen LogP contribution is -2.28. The smallest absolute Gasteiger partial charge is 0.252 e. The van der Waals surface area contributed by atoms with Gasteiger partial charge in [0.05, 0.1) is 16.7 Å². The predicted molar refractivity (Wildman–Crippen MR) is 89.5 cm³/mol. The van der Waals surface area contributed by atoms with Gasteiger partial charge in [-0.25, -0.2) is 0 Å². The maximum absolute atomic E-state index is 12.0. The molecule has 0 spiro atoms. The number of hydrogen-bond acceptors (Lipinski definition) is 3. The van der Waals surface area contributed by atoms with Crippen LogP contribution < -0.4 is 10.2 Å². The van der Waals surface area contributed by atoms with Gasteiger partial charge in [-0.2, -0.15) is 0 Å². The highest BCUT2D eigenvalue weighted by Crippen LogP contribution is 2.18. The average molecular weight is 319 g/mol. The van der Waals surface area contributed by atoms with E-state index in [0.717, 1.165) is 11.3 Å². The quantitative estimate of drug-likeness (QED) is 0.891. The van der Waals surface area contributed by atoms with Gasteiger partial charge in [0.2, 0.25) is 0 Å². The first-order chi connectivity index (χ1) is 10.5. The van der Waals surface area contributed by atoms with E-state index < -0.39 is 6.10 Å². The molecule has 1 atom stereocenters. The van der Waals surface area contributed by atoms with Crippen molar-refractivity contribution in [2.24, 2.45) is 0 Å². The molecule has 0 bridgehead atoms. The first-order valence-electron chi connectivity index (χ1n) is 6.97. The van der Waals surface area contributed by atoms with E-state index in [1.54, 1.807) is 24.3 Å². The second-order valence-corrected chi connectivity index (χ2v) is 5.60. The summed E-state index contributed by atoms with van der Waals surface area (Å²) < 4.78 is 0. The Labute approximate surface area is 135 Å². The van der Waals surface area contributed by atoms with E-state index in [-0.39, 0.29) is 12.5 Å². The van der Waals surface area contributed by atoms with Crippen LogP contribution in [0.25, 0.3) is 0 Å². The monoisotopic (exact) mass is 318 g/mol. The van der Waals surface area contributed by atoms with Crippen LogP contribution in [0.3, 0.4) is 0 Å². The van der Waals surface area contributed by atoms with Crippen LogP contribution in [-0.2, 0) is 0 Å². The number of benzene rings is 2. The lowest BCUT2D eigenvalue weighted by molar-refractivity contribution is 0.0916. The molecular formula is C17H19ClN2O2. The number of amides is 1. The average Bonchev–Trinajstić information content (AvgIpc) is 2.52.